The maximum absolute atomic E-state index is 2.46. The molecule has 0 amide bonds. The quantitative estimate of drug-likeness (QED) is 0.434. The molecule has 2 aromatic carbocycles. The lowest BCUT2D eigenvalue weighted by Crippen LogP contribution is -2.38. The van der Waals surface area contributed by atoms with Crippen LogP contribution in [0.3, 0.4) is 0 Å². The van der Waals surface area contributed by atoms with Gasteiger partial charge in [0.25, 0.3) is 0 Å². The van der Waals surface area contributed by atoms with Gasteiger partial charge in [0, 0.05) is 6.92 Å². The van der Waals surface area contributed by atoms with E-state index in [1.807, 2.05) is 11.3 Å². The zero-order chi connectivity index (χ0) is 16.7. The minimum absolute atomic E-state index is 0.0459. The van der Waals surface area contributed by atoms with E-state index in [4.69, 9.17) is 0 Å². The van der Waals surface area contributed by atoms with Crippen LogP contribution in [0.15, 0.2) is 64.9 Å². The molecule has 0 aliphatic carbocycles. The molecule has 24 heavy (non-hydrogen) atoms. The van der Waals surface area contributed by atoms with Crippen molar-refractivity contribution >= 4 is 47.8 Å². The second-order valence-corrected chi connectivity index (χ2v) is 8.71. The zero-order valence-corrected chi connectivity index (χ0v) is 15.8. The van der Waals surface area contributed by atoms with Crippen molar-refractivity contribution in [2.75, 3.05) is 4.90 Å². The second kappa shape index (κ2) is 6.19. The van der Waals surface area contributed by atoms with Crippen molar-refractivity contribution in [3.8, 4) is 0 Å². The Hall–Kier alpha value is -1.91. The van der Waals surface area contributed by atoms with E-state index >= 15 is 0 Å². The number of rotatable bonds is 3. The molecule has 1 atom stereocenters. The second-order valence-electron chi connectivity index (χ2n) is 5.73. The van der Waals surface area contributed by atoms with Crippen LogP contribution in [0, 0.1) is 0 Å². The summed E-state index contributed by atoms with van der Waals surface area (Å²) < 4.78 is 3.78. The standard InChI is InChI=1S/C20H21N2S2/c1-4-14-24-15(3)22(17-11-7-9-13-19(17)24)20-21(5-2)16-10-6-8-12-18(16)23-20/h4,6-14H,5H2,1-3H3/q+1. The molecule has 0 fully saturated rings. The third kappa shape index (κ3) is 2.25. The van der Waals surface area contributed by atoms with Crippen LogP contribution in [0.25, 0.3) is 10.2 Å². The molecule has 3 aromatic rings. The van der Waals surface area contributed by atoms with Crippen LogP contribution in [-0.2, 0) is 6.54 Å². The molecule has 1 aliphatic rings. The smallest absolute Gasteiger partial charge is 0.217 e. The lowest BCUT2D eigenvalue weighted by molar-refractivity contribution is -0.650. The van der Waals surface area contributed by atoms with E-state index in [0.29, 0.717) is 0 Å². The van der Waals surface area contributed by atoms with Crippen molar-refractivity contribution in [1.82, 2.24) is 0 Å². The Morgan fingerprint density at radius 1 is 1.12 bits per heavy atom. The fourth-order valence-electron chi connectivity index (χ4n) is 3.30. The summed E-state index contributed by atoms with van der Waals surface area (Å²) in [5, 5.41) is 3.64. The highest BCUT2D eigenvalue weighted by molar-refractivity contribution is 8.19. The van der Waals surface area contributed by atoms with Gasteiger partial charge in [-0.2, -0.15) is 4.90 Å². The van der Waals surface area contributed by atoms with E-state index < -0.39 is 0 Å². The Bertz CT molecular complexity index is 982. The number of nitrogens with zero attached hydrogens (tertiary/aromatic N) is 2. The van der Waals surface area contributed by atoms with Gasteiger partial charge >= 0.3 is 5.13 Å². The van der Waals surface area contributed by atoms with Gasteiger partial charge < -0.3 is 0 Å². The number of fused-ring (bicyclic) bond motifs is 2. The Kier molecular flexibility index (Phi) is 4.02. The van der Waals surface area contributed by atoms with Crippen molar-refractivity contribution < 1.29 is 4.57 Å². The van der Waals surface area contributed by atoms with Crippen molar-refractivity contribution in [2.24, 2.45) is 0 Å². The van der Waals surface area contributed by atoms with E-state index in [1.54, 1.807) is 0 Å². The van der Waals surface area contributed by atoms with Gasteiger partial charge in [0.1, 0.15) is 16.2 Å². The fraction of sp³-hybridized carbons (Fsp3) is 0.200. The minimum Gasteiger partial charge on any atom is -0.217 e. The summed E-state index contributed by atoms with van der Waals surface area (Å²) >= 11 is 1.88. The highest BCUT2D eigenvalue weighted by Gasteiger charge is 2.36. The Balaban J connectivity index is 2.00. The number of hydrogen-bond donors (Lipinski definition) is 0. The third-order valence-corrected chi connectivity index (χ3v) is 7.68. The number of benzene rings is 2. The maximum Gasteiger partial charge on any atom is 0.347 e. The average Bonchev–Trinajstić information content (AvgIpc) is 3.10. The molecule has 0 saturated heterocycles. The van der Waals surface area contributed by atoms with Crippen LogP contribution >= 0.6 is 21.8 Å². The number of para-hydroxylation sites is 2. The zero-order valence-electron chi connectivity index (χ0n) is 14.2. The number of aryl methyl sites for hydroxylation is 1. The summed E-state index contributed by atoms with van der Waals surface area (Å²) in [6, 6.07) is 17.5. The van der Waals surface area contributed by atoms with Gasteiger partial charge in [0.15, 0.2) is 0 Å². The van der Waals surface area contributed by atoms with Gasteiger partial charge in [0.2, 0.25) is 0 Å². The Morgan fingerprint density at radius 2 is 1.88 bits per heavy atom. The first-order valence-corrected chi connectivity index (χ1v) is 10.4. The molecule has 0 N–H and O–H groups in total. The first-order chi connectivity index (χ1) is 11.8. The van der Waals surface area contributed by atoms with Crippen LogP contribution in [0.5, 0.6) is 0 Å². The predicted molar refractivity (Wildman–Crippen MR) is 108 cm³/mol. The van der Waals surface area contributed by atoms with Crippen molar-refractivity contribution in [3.05, 3.63) is 60.0 Å². The van der Waals surface area contributed by atoms with Crippen LogP contribution in [0.1, 0.15) is 20.8 Å². The first kappa shape index (κ1) is 15.6. The molecule has 1 aromatic heterocycles. The molecule has 4 rings (SSSR count). The predicted octanol–water partition coefficient (Wildman–Crippen LogP) is 5.67. The van der Waals surface area contributed by atoms with Gasteiger partial charge in [-0.05, 0) is 54.9 Å². The highest BCUT2D eigenvalue weighted by atomic mass is 32.2. The monoisotopic (exact) mass is 353 g/mol. The molecule has 4 heteroatoms. The lowest BCUT2D eigenvalue weighted by atomic mass is 10.3. The van der Waals surface area contributed by atoms with E-state index in [9.17, 15) is 0 Å². The van der Waals surface area contributed by atoms with Crippen molar-refractivity contribution in [2.45, 2.75) is 32.2 Å². The normalized spacial score (nSPS) is 17.2. The summed E-state index contributed by atoms with van der Waals surface area (Å²) in [5.74, 6) is 0. The molecule has 1 unspecified atom stereocenters. The SMILES string of the molecule is CC=CS1=C(C)N(c2sc3ccccc3[n+]2CC)c2ccccc21. The minimum atomic E-state index is 0.0459. The third-order valence-electron chi connectivity index (χ3n) is 4.34. The molecule has 0 saturated carbocycles. The molecule has 1 aliphatic heterocycles. The van der Waals surface area contributed by atoms with E-state index in [2.05, 4.69) is 90.3 Å². The molecule has 2 nitrogen and oxygen atoms in total. The number of aromatic nitrogens is 1. The van der Waals surface area contributed by atoms with Crippen molar-refractivity contribution in [1.29, 1.82) is 0 Å². The molecular weight excluding hydrogens is 332 g/mol. The number of thiazole rings is 1. The molecular formula is C20H21N2S2+. The number of anilines is 2. The summed E-state index contributed by atoms with van der Waals surface area (Å²) in [7, 11) is 0.0459. The highest BCUT2D eigenvalue weighted by Crippen LogP contribution is 2.48. The first-order valence-electron chi connectivity index (χ1n) is 8.26. The molecule has 0 radical (unpaired) electrons. The summed E-state index contributed by atoms with van der Waals surface area (Å²) in [6.07, 6.45) is 2.17. The van der Waals surface area contributed by atoms with Gasteiger partial charge in [-0.15, -0.1) is 0 Å². The fourth-order valence-corrected chi connectivity index (χ4v) is 6.57. The summed E-state index contributed by atoms with van der Waals surface area (Å²) in [6.45, 7) is 7.58. The Labute approximate surface area is 149 Å². The molecule has 0 spiro atoms. The maximum atomic E-state index is 2.46. The van der Waals surface area contributed by atoms with Crippen molar-refractivity contribution in [3.63, 3.8) is 0 Å². The van der Waals surface area contributed by atoms with E-state index in [0.717, 1.165) is 6.54 Å². The molecule has 0 bridgehead atoms. The van der Waals surface area contributed by atoms with Crippen LogP contribution in [0.4, 0.5) is 10.8 Å². The van der Waals surface area contributed by atoms with E-state index in [-0.39, 0.29) is 10.5 Å². The summed E-state index contributed by atoms with van der Waals surface area (Å²) in [5.41, 5.74) is 2.65. The average molecular weight is 354 g/mol. The van der Waals surface area contributed by atoms with Gasteiger partial charge in [-0.25, -0.2) is 4.57 Å². The van der Waals surface area contributed by atoms with Gasteiger partial charge in [-0.3, -0.25) is 0 Å². The van der Waals surface area contributed by atoms with Crippen LogP contribution in [0.2, 0.25) is 0 Å². The van der Waals surface area contributed by atoms with Crippen LogP contribution in [-0.4, -0.2) is 4.99 Å². The van der Waals surface area contributed by atoms with Gasteiger partial charge in [-0.1, -0.05) is 40.8 Å². The molecule has 2 heterocycles. The topological polar surface area (TPSA) is 7.12 Å². The van der Waals surface area contributed by atoms with Crippen LogP contribution < -0.4 is 9.47 Å². The largest absolute Gasteiger partial charge is 0.347 e. The molecule has 122 valence electrons. The summed E-state index contributed by atoms with van der Waals surface area (Å²) in [4.78, 5) is 5.29. The number of hydrogen-bond acceptors (Lipinski definition) is 2. The van der Waals surface area contributed by atoms with E-state index in [1.165, 1.54) is 30.9 Å². The van der Waals surface area contributed by atoms with Gasteiger partial charge in [0.05, 0.1) is 16.1 Å². The Morgan fingerprint density at radius 3 is 2.67 bits per heavy atom. The lowest BCUT2D eigenvalue weighted by Gasteiger charge is -2.12. The number of allylic oxidation sites excluding steroid dienone is 1.